The highest BCUT2D eigenvalue weighted by atomic mass is 127. The standard InChI is InChI=1S/C21H27FN4O2.HI/c1-3-28-19-9-4-16(14-20(19)27-2)15-24-21(23)26-12-10-25(11-13-26)18-7-5-17(22)6-8-18;/h4-9,14H,3,10-13,15H2,1-2H3,(H2,23,24);1H. The molecule has 1 aliphatic heterocycles. The molecule has 2 aromatic rings. The van der Waals surface area contributed by atoms with Gasteiger partial charge in [0.1, 0.15) is 5.82 Å². The summed E-state index contributed by atoms with van der Waals surface area (Å²) in [5, 5.41) is 0. The van der Waals surface area contributed by atoms with Gasteiger partial charge >= 0.3 is 0 Å². The fourth-order valence-electron chi connectivity index (χ4n) is 3.20. The van der Waals surface area contributed by atoms with Gasteiger partial charge in [-0.2, -0.15) is 0 Å². The van der Waals surface area contributed by atoms with Crippen LogP contribution in [0.1, 0.15) is 12.5 Å². The van der Waals surface area contributed by atoms with Gasteiger partial charge in [0.25, 0.3) is 0 Å². The number of guanidine groups is 1. The summed E-state index contributed by atoms with van der Waals surface area (Å²) in [4.78, 5) is 8.83. The van der Waals surface area contributed by atoms with E-state index in [4.69, 9.17) is 15.2 Å². The van der Waals surface area contributed by atoms with E-state index in [0.717, 1.165) is 43.2 Å². The lowest BCUT2D eigenvalue weighted by atomic mass is 10.2. The van der Waals surface area contributed by atoms with Crippen molar-refractivity contribution in [2.24, 2.45) is 10.7 Å². The zero-order valence-electron chi connectivity index (χ0n) is 16.8. The molecule has 2 N–H and O–H groups in total. The van der Waals surface area contributed by atoms with Gasteiger partial charge in [-0.25, -0.2) is 9.38 Å². The molecule has 1 heterocycles. The predicted octanol–water partition coefficient (Wildman–Crippen LogP) is 3.49. The van der Waals surface area contributed by atoms with Crippen LogP contribution in [0.15, 0.2) is 47.5 Å². The molecule has 0 bridgehead atoms. The molecule has 158 valence electrons. The molecule has 8 heteroatoms. The Morgan fingerprint density at radius 3 is 2.38 bits per heavy atom. The first-order valence-corrected chi connectivity index (χ1v) is 9.45. The Morgan fingerprint density at radius 1 is 1.07 bits per heavy atom. The number of nitrogens with two attached hydrogens (primary N) is 1. The van der Waals surface area contributed by atoms with E-state index in [1.165, 1.54) is 12.1 Å². The van der Waals surface area contributed by atoms with Crippen molar-refractivity contribution in [1.29, 1.82) is 0 Å². The molecule has 3 rings (SSSR count). The average molecular weight is 514 g/mol. The van der Waals surface area contributed by atoms with Crippen LogP contribution in [0.25, 0.3) is 0 Å². The van der Waals surface area contributed by atoms with Crippen molar-refractivity contribution >= 4 is 35.6 Å². The van der Waals surface area contributed by atoms with Crippen molar-refractivity contribution in [3.05, 3.63) is 53.8 Å². The van der Waals surface area contributed by atoms with Gasteiger partial charge in [-0.05, 0) is 48.9 Å². The molecule has 0 atom stereocenters. The second-order valence-corrected chi connectivity index (χ2v) is 6.54. The summed E-state index contributed by atoms with van der Waals surface area (Å²) >= 11 is 0. The van der Waals surface area contributed by atoms with E-state index in [-0.39, 0.29) is 29.8 Å². The van der Waals surface area contributed by atoms with Crippen LogP contribution in [0.5, 0.6) is 11.5 Å². The first-order chi connectivity index (χ1) is 13.6. The maximum atomic E-state index is 13.1. The second-order valence-electron chi connectivity index (χ2n) is 6.54. The average Bonchev–Trinajstić information content (AvgIpc) is 2.73. The molecule has 0 aromatic heterocycles. The molecular weight excluding hydrogens is 486 g/mol. The van der Waals surface area contributed by atoms with Crippen LogP contribution in [0.4, 0.5) is 10.1 Å². The topological polar surface area (TPSA) is 63.3 Å². The Kier molecular flexibility index (Phi) is 8.81. The maximum absolute atomic E-state index is 13.1. The van der Waals surface area contributed by atoms with Crippen LogP contribution < -0.4 is 20.1 Å². The van der Waals surface area contributed by atoms with Crippen LogP contribution in [0.2, 0.25) is 0 Å². The quantitative estimate of drug-likeness (QED) is 0.364. The Morgan fingerprint density at radius 2 is 1.76 bits per heavy atom. The molecule has 1 fully saturated rings. The van der Waals surface area contributed by atoms with E-state index in [9.17, 15) is 4.39 Å². The van der Waals surface area contributed by atoms with Crippen LogP contribution in [-0.4, -0.2) is 50.8 Å². The zero-order chi connectivity index (χ0) is 19.9. The number of methoxy groups -OCH3 is 1. The van der Waals surface area contributed by atoms with Crippen LogP contribution in [0.3, 0.4) is 0 Å². The fraction of sp³-hybridized carbons (Fsp3) is 0.381. The van der Waals surface area contributed by atoms with Crippen molar-refractivity contribution in [1.82, 2.24) is 4.90 Å². The predicted molar refractivity (Wildman–Crippen MR) is 125 cm³/mol. The number of anilines is 1. The Balaban J connectivity index is 0.00000300. The van der Waals surface area contributed by atoms with E-state index in [0.29, 0.717) is 24.9 Å². The molecule has 0 spiro atoms. The summed E-state index contributed by atoms with van der Waals surface area (Å²) in [6, 6.07) is 12.4. The third-order valence-corrected chi connectivity index (χ3v) is 4.75. The van der Waals surface area contributed by atoms with Crippen molar-refractivity contribution in [3.63, 3.8) is 0 Å². The molecule has 6 nitrogen and oxygen atoms in total. The molecule has 2 aromatic carbocycles. The van der Waals surface area contributed by atoms with E-state index in [1.54, 1.807) is 7.11 Å². The third-order valence-electron chi connectivity index (χ3n) is 4.75. The Bertz CT molecular complexity index is 809. The SMILES string of the molecule is CCOc1ccc(CN=C(N)N2CCN(c3ccc(F)cc3)CC2)cc1OC.I. The molecule has 1 saturated heterocycles. The summed E-state index contributed by atoms with van der Waals surface area (Å²) in [6.45, 7) is 6.20. The van der Waals surface area contributed by atoms with Gasteiger partial charge in [0, 0.05) is 31.9 Å². The second kappa shape index (κ2) is 11.1. The first kappa shape index (κ1) is 23.1. The molecule has 1 aliphatic rings. The Labute approximate surface area is 188 Å². The van der Waals surface area contributed by atoms with Crippen LogP contribution in [-0.2, 0) is 6.54 Å². The van der Waals surface area contributed by atoms with Gasteiger partial charge in [0.15, 0.2) is 17.5 Å². The molecule has 0 radical (unpaired) electrons. The summed E-state index contributed by atoms with van der Waals surface area (Å²) < 4.78 is 24.0. The van der Waals surface area contributed by atoms with Crippen LogP contribution >= 0.6 is 24.0 Å². The largest absolute Gasteiger partial charge is 0.493 e. The zero-order valence-corrected chi connectivity index (χ0v) is 19.1. The lowest BCUT2D eigenvalue weighted by molar-refractivity contribution is 0.310. The number of hydrogen-bond donors (Lipinski definition) is 1. The Hall–Kier alpha value is -2.23. The number of aliphatic imine (C=N–C) groups is 1. The number of nitrogens with zero attached hydrogens (tertiary/aromatic N) is 3. The minimum Gasteiger partial charge on any atom is -0.493 e. The lowest BCUT2D eigenvalue weighted by Gasteiger charge is -2.36. The molecule has 29 heavy (non-hydrogen) atoms. The molecule has 0 unspecified atom stereocenters. The highest BCUT2D eigenvalue weighted by Gasteiger charge is 2.18. The molecule has 0 saturated carbocycles. The number of ether oxygens (including phenoxy) is 2. The third kappa shape index (κ3) is 6.12. The fourth-order valence-corrected chi connectivity index (χ4v) is 3.20. The summed E-state index contributed by atoms with van der Waals surface area (Å²) in [5.74, 6) is 1.74. The van der Waals surface area contributed by atoms with Gasteiger partial charge in [-0.1, -0.05) is 6.07 Å². The van der Waals surface area contributed by atoms with E-state index >= 15 is 0 Å². The van der Waals surface area contributed by atoms with Gasteiger partial charge < -0.3 is 25.0 Å². The molecular formula is C21H28FIN4O2. The van der Waals surface area contributed by atoms with Gasteiger partial charge in [0.05, 0.1) is 20.3 Å². The van der Waals surface area contributed by atoms with Crippen molar-refractivity contribution < 1.29 is 13.9 Å². The van der Waals surface area contributed by atoms with Gasteiger partial charge in [-0.15, -0.1) is 24.0 Å². The number of halogens is 2. The number of hydrogen-bond acceptors (Lipinski definition) is 4. The minimum absolute atomic E-state index is 0. The molecule has 0 amide bonds. The first-order valence-electron chi connectivity index (χ1n) is 9.45. The maximum Gasteiger partial charge on any atom is 0.191 e. The highest BCUT2D eigenvalue weighted by molar-refractivity contribution is 14.0. The van der Waals surface area contributed by atoms with Crippen LogP contribution in [0, 0.1) is 5.82 Å². The van der Waals surface area contributed by atoms with E-state index in [2.05, 4.69) is 14.8 Å². The summed E-state index contributed by atoms with van der Waals surface area (Å²) in [5.41, 5.74) is 8.23. The minimum atomic E-state index is -0.218. The van der Waals surface area contributed by atoms with Gasteiger partial charge in [0.2, 0.25) is 0 Å². The summed E-state index contributed by atoms with van der Waals surface area (Å²) in [7, 11) is 1.62. The van der Waals surface area contributed by atoms with E-state index in [1.807, 2.05) is 37.3 Å². The smallest absolute Gasteiger partial charge is 0.191 e. The molecule has 0 aliphatic carbocycles. The van der Waals surface area contributed by atoms with E-state index < -0.39 is 0 Å². The highest BCUT2D eigenvalue weighted by Crippen LogP contribution is 2.28. The number of rotatable bonds is 6. The monoisotopic (exact) mass is 514 g/mol. The number of piperazine rings is 1. The van der Waals surface area contributed by atoms with Crippen molar-refractivity contribution in [3.8, 4) is 11.5 Å². The normalized spacial score (nSPS) is 14.4. The number of benzene rings is 2. The van der Waals surface area contributed by atoms with Crippen molar-refractivity contribution in [2.75, 3.05) is 44.8 Å². The lowest BCUT2D eigenvalue weighted by Crippen LogP contribution is -2.51. The van der Waals surface area contributed by atoms with Crippen molar-refractivity contribution in [2.45, 2.75) is 13.5 Å². The summed E-state index contributed by atoms with van der Waals surface area (Å²) in [6.07, 6.45) is 0. The van der Waals surface area contributed by atoms with Gasteiger partial charge in [-0.3, -0.25) is 0 Å².